The van der Waals surface area contributed by atoms with Crippen LogP contribution in [0.25, 0.3) is 0 Å². The zero-order valence-corrected chi connectivity index (χ0v) is 25.9. The number of unbranched alkanes of at least 4 members (excludes halogenated alkanes) is 1. The Kier molecular flexibility index (Phi) is 8.34. The molecule has 2 heterocycles. The van der Waals surface area contributed by atoms with Crippen LogP contribution in [0.4, 0.5) is 0 Å². The number of phenolic OH excluding ortho intramolecular Hbond substituents is 1. The van der Waals surface area contributed by atoms with Gasteiger partial charge >= 0.3 is 5.97 Å². The largest absolute Gasteiger partial charge is 0.508 e. The van der Waals surface area contributed by atoms with Crippen LogP contribution in [0.1, 0.15) is 109 Å². The van der Waals surface area contributed by atoms with Crippen molar-refractivity contribution in [3.8, 4) is 17.2 Å². The van der Waals surface area contributed by atoms with Crippen molar-refractivity contribution in [1.82, 2.24) is 9.80 Å². The van der Waals surface area contributed by atoms with E-state index in [4.69, 9.17) is 9.47 Å². The molecule has 0 unspecified atom stereocenters. The molecule has 0 radical (unpaired) electrons. The first-order valence-corrected chi connectivity index (χ1v) is 16.7. The van der Waals surface area contributed by atoms with Gasteiger partial charge in [-0.2, -0.15) is 0 Å². The first-order valence-electron chi connectivity index (χ1n) is 16.7. The highest BCUT2D eigenvalue weighted by Crippen LogP contribution is 2.65. The van der Waals surface area contributed by atoms with Gasteiger partial charge in [-0.1, -0.05) is 51.0 Å². The van der Waals surface area contributed by atoms with E-state index in [1.165, 1.54) is 45.4 Å². The Morgan fingerprint density at radius 1 is 1.21 bits per heavy atom. The fraction of sp³-hybridized carbons (Fsp3) is 0.714. The summed E-state index contributed by atoms with van der Waals surface area (Å²) < 4.78 is 12.6. The molecule has 2 bridgehead atoms. The molecular weight excluding hydrogens is 528 g/mol. The van der Waals surface area contributed by atoms with Crippen LogP contribution in [0.2, 0.25) is 0 Å². The lowest BCUT2D eigenvalue weighted by molar-refractivity contribution is -0.145. The Bertz CT molecular complexity index is 1210. The normalized spacial score (nSPS) is 30.0. The van der Waals surface area contributed by atoms with Crippen molar-refractivity contribution in [3.63, 3.8) is 0 Å². The van der Waals surface area contributed by atoms with Crippen LogP contribution in [-0.4, -0.2) is 64.1 Å². The minimum atomic E-state index is -0.434. The molecule has 0 aromatic heterocycles. The molecule has 42 heavy (non-hydrogen) atoms. The molecule has 230 valence electrons. The number of carbonyl (C=O) groups excluding carboxylic acids is 2. The maximum atomic E-state index is 14.0. The van der Waals surface area contributed by atoms with E-state index in [1.807, 2.05) is 6.08 Å². The Morgan fingerprint density at radius 2 is 2.00 bits per heavy atom. The summed E-state index contributed by atoms with van der Waals surface area (Å²) in [5.74, 6) is 2.07. The number of amides is 1. The number of ether oxygens (including phenoxy) is 2. The molecule has 1 aromatic rings. The summed E-state index contributed by atoms with van der Waals surface area (Å²) in [4.78, 5) is 30.7. The second-order valence-electron chi connectivity index (χ2n) is 13.9. The fourth-order valence-corrected chi connectivity index (χ4v) is 9.73. The van der Waals surface area contributed by atoms with Crippen LogP contribution in [0, 0.1) is 11.8 Å². The Labute approximate surface area is 251 Å². The summed E-state index contributed by atoms with van der Waals surface area (Å²) in [5, 5.41) is 11.3. The number of carbonyl (C=O) groups is 2. The number of hydrogen-bond donors (Lipinski definition) is 1. The first kappa shape index (κ1) is 29.5. The molecule has 1 aromatic carbocycles. The van der Waals surface area contributed by atoms with Crippen molar-refractivity contribution >= 4 is 11.9 Å². The van der Waals surface area contributed by atoms with Gasteiger partial charge in [0.05, 0.1) is 6.04 Å². The Balaban J connectivity index is 1.30. The second-order valence-corrected chi connectivity index (χ2v) is 13.9. The third-order valence-electron chi connectivity index (χ3n) is 11.3. The van der Waals surface area contributed by atoms with E-state index in [0.717, 1.165) is 68.7 Å². The van der Waals surface area contributed by atoms with Gasteiger partial charge in [-0.3, -0.25) is 14.5 Å². The fourth-order valence-electron chi connectivity index (χ4n) is 9.73. The first-order chi connectivity index (χ1) is 20.3. The standard InChI is InChI=1S/C35H50N2O5/c1-5-18-36-19-17-35-26-15-16-27(37(22(2)3)31(40)14-10-9-13-24-11-7-6-8-12-24)34(35)42-33-30(41-23(4)38)21-29(39)25(32(33)35)20-28(26)36/h5,21-22,24,26-28,34,39H,1,6-20H2,2-4H3/t26-,27+,28+,34-,35-/m0/s1. The molecule has 6 rings (SSSR count). The lowest BCUT2D eigenvalue weighted by atomic mass is 9.50. The molecule has 3 fully saturated rings. The van der Waals surface area contributed by atoms with Crippen LogP contribution in [0.3, 0.4) is 0 Å². The van der Waals surface area contributed by atoms with E-state index in [-0.39, 0.29) is 41.3 Å². The summed E-state index contributed by atoms with van der Waals surface area (Å²) in [7, 11) is 0. The van der Waals surface area contributed by atoms with Crippen molar-refractivity contribution in [2.75, 3.05) is 13.1 Å². The quantitative estimate of drug-likeness (QED) is 0.152. The summed E-state index contributed by atoms with van der Waals surface area (Å²) >= 11 is 0. The monoisotopic (exact) mass is 578 g/mol. The van der Waals surface area contributed by atoms with E-state index in [1.54, 1.807) is 6.07 Å². The zero-order chi connectivity index (χ0) is 29.6. The van der Waals surface area contributed by atoms with Gasteiger partial charge in [0, 0.05) is 54.6 Å². The molecule has 1 N–H and O–H groups in total. The summed E-state index contributed by atoms with van der Waals surface area (Å²) in [5.41, 5.74) is 1.64. The lowest BCUT2D eigenvalue weighted by Crippen LogP contribution is -2.69. The highest BCUT2D eigenvalue weighted by atomic mass is 16.6. The number of aromatic hydroxyl groups is 1. The third kappa shape index (κ3) is 4.93. The van der Waals surface area contributed by atoms with Crippen LogP contribution in [0.5, 0.6) is 17.2 Å². The number of nitrogens with zero attached hydrogens (tertiary/aromatic N) is 2. The molecule has 5 aliphatic rings. The Morgan fingerprint density at radius 3 is 2.71 bits per heavy atom. The lowest BCUT2D eigenvalue weighted by Gasteiger charge is -2.60. The SMILES string of the molecule is C=CCN1CC[C@]23c4c5c(O)cc(OC(C)=O)c4O[C@H]2[C@H](N(C(=O)CCCCC2CCCCC2)C(C)C)CC[C@H]3[C@H]1C5. The van der Waals surface area contributed by atoms with Gasteiger partial charge in [0.1, 0.15) is 11.9 Å². The van der Waals surface area contributed by atoms with Crippen molar-refractivity contribution in [1.29, 1.82) is 0 Å². The van der Waals surface area contributed by atoms with Gasteiger partial charge in [-0.25, -0.2) is 0 Å². The number of rotatable bonds is 10. The number of piperidine rings is 1. The highest BCUT2D eigenvalue weighted by molar-refractivity contribution is 5.77. The van der Waals surface area contributed by atoms with Crippen molar-refractivity contribution in [3.05, 3.63) is 29.8 Å². The average Bonchev–Trinajstić information content (AvgIpc) is 3.30. The van der Waals surface area contributed by atoms with Crippen molar-refractivity contribution < 1.29 is 24.2 Å². The third-order valence-corrected chi connectivity index (χ3v) is 11.3. The van der Waals surface area contributed by atoms with Crippen LogP contribution >= 0.6 is 0 Å². The van der Waals surface area contributed by atoms with Gasteiger partial charge < -0.3 is 19.5 Å². The maximum Gasteiger partial charge on any atom is 0.308 e. The number of phenols is 1. The van der Waals surface area contributed by atoms with Crippen molar-refractivity contribution in [2.45, 2.75) is 134 Å². The molecule has 3 aliphatic carbocycles. The predicted molar refractivity (Wildman–Crippen MR) is 163 cm³/mol. The van der Waals surface area contributed by atoms with E-state index < -0.39 is 5.97 Å². The van der Waals surface area contributed by atoms with Gasteiger partial charge in [0.15, 0.2) is 11.5 Å². The van der Waals surface area contributed by atoms with Gasteiger partial charge in [-0.05, 0) is 64.3 Å². The van der Waals surface area contributed by atoms with E-state index >= 15 is 0 Å². The molecule has 7 heteroatoms. The maximum absolute atomic E-state index is 14.0. The molecule has 5 atom stereocenters. The van der Waals surface area contributed by atoms with Crippen molar-refractivity contribution in [2.24, 2.45) is 11.8 Å². The molecule has 7 nitrogen and oxygen atoms in total. The highest BCUT2D eigenvalue weighted by Gasteiger charge is 2.67. The molecular formula is C35H50N2O5. The number of hydrogen-bond acceptors (Lipinski definition) is 6. The van der Waals surface area contributed by atoms with Crippen LogP contribution in [0.15, 0.2) is 18.7 Å². The summed E-state index contributed by atoms with van der Waals surface area (Å²) in [6.07, 6.45) is 16.0. The van der Waals surface area contributed by atoms with Gasteiger partial charge in [0.25, 0.3) is 0 Å². The minimum Gasteiger partial charge on any atom is -0.508 e. The van der Waals surface area contributed by atoms with Gasteiger partial charge in [0.2, 0.25) is 5.91 Å². The summed E-state index contributed by atoms with van der Waals surface area (Å²) in [6.45, 7) is 11.4. The zero-order valence-electron chi connectivity index (χ0n) is 25.9. The molecule has 1 amide bonds. The second kappa shape index (κ2) is 11.9. The topological polar surface area (TPSA) is 79.3 Å². The number of esters is 1. The van der Waals surface area contributed by atoms with Crippen LogP contribution in [-0.2, 0) is 21.4 Å². The molecule has 2 saturated carbocycles. The number of benzene rings is 1. The molecule has 1 spiro atoms. The average molecular weight is 579 g/mol. The summed E-state index contributed by atoms with van der Waals surface area (Å²) in [6, 6.07) is 1.83. The van der Waals surface area contributed by atoms with Crippen LogP contribution < -0.4 is 9.47 Å². The number of likely N-dealkylation sites (tertiary alicyclic amines) is 1. The minimum absolute atomic E-state index is 0.0576. The van der Waals surface area contributed by atoms with E-state index in [9.17, 15) is 14.7 Å². The molecule has 2 aliphatic heterocycles. The van der Waals surface area contributed by atoms with E-state index in [0.29, 0.717) is 23.8 Å². The Hall–Kier alpha value is -2.54. The predicted octanol–water partition coefficient (Wildman–Crippen LogP) is 6.29. The smallest absolute Gasteiger partial charge is 0.308 e. The van der Waals surface area contributed by atoms with Gasteiger partial charge in [-0.15, -0.1) is 6.58 Å². The van der Waals surface area contributed by atoms with E-state index in [2.05, 4.69) is 30.2 Å². The molecule has 1 saturated heterocycles.